The van der Waals surface area contributed by atoms with E-state index >= 15 is 0 Å². The number of nitrogens with one attached hydrogen (secondary N) is 3. The van der Waals surface area contributed by atoms with Crippen molar-refractivity contribution in [2.24, 2.45) is 0 Å². The van der Waals surface area contributed by atoms with Crippen molar-refractivity contribution < 1.29 is 18.8 Å². The maximum absolute atomic E-state index is 13.0. The van der Waals surface area contributed by atoms with Crippen LogP contribution >= 0.6 is 0 Å². The van der Waals surface area contributed by atoms with Crippen LogP contribution in [0.15, 0.2) is 54.6 Å². The van der Waals surface area contributed by atoms with Gasteiger partial charge in [-0.05, 0) is 31.2 Å². The zero-order chi connectivity index (χ0) is 18.4. The maximum Gasteiger partial charge on any atom is 0.319 e. The van der Waals surface area contributed by atoms with Gasteiger partial charge in [-0.2, -0.15) is 0 Å². The van der Waals surface area contributed by atoms with E-state index in [1.807, 2.05) is 25.1 Å². The number of ether oxygens (including phenoxy) is 1. The number of halogens is 1. The van der Waals surface area contributed by atoms with Crippen molar-refractivity contribution in [1.29, 1.82) is 0 Å². The Morgan fingerprint density at radius 3 is 2.38 bits per heavy atom. The number of rotatable bonds is 5. The molecule has 2 aromatic rings. The zero-order valence-corrected chi connectivity index (χ0v) is 14.9. The Balaban J connectivity index is 1.69. The van der Waals surface area contributed by atoms with E-state index in [-0.39, 0.29) is 23.9 Å². The molecule has 6 heteroatoms. The molecule has 2 atom stereocenters. The Bertz CT molecular complexity index is 703. The van der Waals surface area contributed by atoms with Crippen LogP contribution in [0.1, 0.15) is 18.5 Å². The summed E-state index contributed by atoms with van der Waals surface area (Å²) in [5, 5.41) is 5.79. The molecule has 26 heavy (non-hydrogen) atoms. The lowest BCUT2D eigenvalue weighted by atomic mass is 9.98. The van der Waals surface area contributed by atoms with Gasteiger partial charge in [-0.3, -0.25) is 0 Å². The second-order valence-corrected chi connectivity index (χ2v) is 6.55. The molecule has 0 aliphatic carbocycles. The second kappa shape index (κ2) is 8.78. The highest BCUT2D eigenvalue weighted by Crippen LogP contribution is 2.15. The lowest BCUT2D eigenvalue weighted by Gasteiger charge is -2.35. The van der Waals surface area contributed by atoms with Crippen molar-refractivity contribution in [2.45, 2.75) is 19.0 Å². The van der Waals surface area contributed by atoms with Crippen LogP contribution in [-0.2, 0) is 4.74 Å². The van der Waals surface area contributed by atoms with E-state index in [0.717, 1.165) is 26.3 Å². The standard InChI is InChI=1S/C20H24FN3O2/c1-15(22-20(25)23-18-9-7-17(21)8-10-18)19(16-5-3-2-4-6-16)24-11-13-26-14-12-24/h2-10,15,19H,11-14H2,1H3,(H2,22,23,25)/p+1/t15-,19-/m1/s1. The molecule has 5 nitrogen and oxygen atoms in total. The van der Waals surface area contributed by atoms with Crippen molar-refractivity contribution in [3.05, 3.63) is 66.0 Å². The molecule has 0 saturated carbocycles. The van der Waals surface area contributed by atoms with E-state index in [0.29, 0.717) is 5.69 Å². The van der Waals surface area contributed by atoms with Crippen molar-refractivity contribution >= 4 is 11.7 Å². The van der Waals surface area contributed by atoms with Crippen molar-refractivity contribution in [2.75, 3.05) is 31.6 Å². The first-order valence-electron chi connectivity index (χ1n) is 8.94. The van der Waals surface area contributed by atoms with Gasteiger partial charge >= 0.3 is 6.03 Å². The zero-order valence-electron chi connectivity index (χ0n) is 14.9. The monoisotopic (exact) mass is 358 g/mol. The maximum atomic E-state index is 13.0. The van der Waals surface area contributed by atoms with Gasteiger partial charge < -0.3 is 20.3 Å². The van der Waals surface area contributed by atoms with Gasteiger partial charge in [0.25, 0.3) is 0 Å². The normalized spacial score (nSPS) is 17.3. The molecule has 3 N–H and O–H groups in total. The summed E-state index contributed by atoms with van der Waals surface area (Å²) in [6, 6.07) is 15.7. The molecular formula is C20H25FN3O2+. The minimum Gasteiger partial charge on any atom is -0.370 e. The Kier molecular flexibility index (Phi) is 6.20. The summed E-state index contributed by atoms with van der Waals surface area (Å²) < 4.78 is 18.5. The van der Waals surface area contributed by atoms with Crippen molar-refractivity contribution in [1.82, 2.24) is 5.32 Å². The van der Waals surface area contributed by atoms with Crippen LogP contribution in [0.5, 0.6) is 0 Å². The fourth-order valence-corrected chi connectivity index (χ4v) is 3.47. The summed E-state index contributed by atoms with van der Waals surface area (Å²) in [6.45, 7) is 5.29. The van der Waals surface area contributed by atoms with E-state index in [2.05, 4.69) is 22.8 Å². The third-order valence-corrected chi connectivity index (χ3v) is 4.69. The minimum atomic E-state index is -0.329. The molecule has 1 heterocycles. The summed E-state index contributed by atoms with van der Waals surface area (Å²) in [6.07, 6.45) is 0. The largest absolute Gasteiger partial charge is 0.370 e. The first kappa shape index (κ1) is 18.4. The van der Waals surface area contributed by atoms with Gasteiger partial charge in [0.05, 0.1) is 19.3 Å². The van der Waals surface area contributed by atoms with Gasteiger partial charge in [-0.25, -0.2) is 9.18 Å². The molecule has 3 rings (SSSR count). The topological polar surface area (TPSA) is 54.8 Å². The average Bonchev–Trinajstić information content (AvgIpc) is 2.65. The number of morpholine rings is 1. The summed E-state index contributed by atoms with van der Waals surface area (Å²) >= 11 is 0. The first-order chi connectivity index (χ1) is 12.6. The number of hydrogen-bond acceptors (Lipinski definition) is 2. The van der Waals surface area contributed by atoms with E-state index in [1.54, 1.807) is 12.1 Å². The van der Waals surface area contributed by atoms with Crippen LogP contribution in [0.4, 0.5) is 14.9 Å². The summed E-state index contributed by atoms with van der Waals surface area (Å²) in [7, 11) is 0. The highest BCUT2D eigenvalue weighted by Gasteiger charge is 2.32. The molecule has 1 saturated heterocycles. The number of amides is 2. The van der Waals surface area contributed by atoms with Gasteiger partial charge in [0, 0.05) is 11.3 Å². The highest BCUT2D eigenvalue weighted by molar-refractivity contribution is 5.89. The lowest BCUT2D eigenvalue weighted by Crippen LogP contribution is -3.15. The average molecular weight is 358 g/mol. The number of anilines is 1. The van der Waals surface area contributed by atoms with Crippen LogP contribution in [0.2, 0.25) is 0 Å². The lowest BCUT2D eigenvalue weighted by molar-refractivity contribution is -0.940. The summed E-state index contributed by atoms with van der Waals surface area (Å²) in [5.74, 6) is -0.329. The van der Waals surface area contributed by atoms with Crippen LogP contribution in [0.3, 0.4) is 0 Å². The number of quaternary nitrogens is 1. The van der Waals surface area contributed by atoms with Crippen LogP contribution < -0.4 is 15.5 Å². The molecule has 2 aromatic carbocycles. The van der Waals surface area contributed by atoms with E-state index < -0.39 is 0 Å². The van der Waals surface area contributed by atoms with Crippen molar-refractivity contribution in [3.63, 3.8) is 0 Å². The number of benzene rings is 2. The molecule has 0 radical (unpaired) electrons. The molecule has 1 aliphatic heterocycles. The smallest absolute Gasteiger partial charge is 0.319 e. The molecular weight excluding hydrogens is 333 g/mol. The number of hydrogen-bond donors (Lipinski definition) is 3. The van der Waals surface area contributed by atoms with Gasteiger partial charge in [0.15, 0.2) is 0 Å². The van der Waals surface area contributed by atoms with Gasteiger partial charge in [0.2, 0.25) is 0 Å². The predicted octanol–water partition coefficient (Wildman–Crippen LogP) is 1.99. The number of carbonyl (C=O) groups excluding carboxylic acids is 1. The summed E-state index contributed by atoms with van der Waals surface area (Å²) in [4.78, 5) is 13.8. The number of urea groups is 1. The second-order valence-electron chi connectivity index (χ2n) is 6.55. The van der Waals surface area contributed by atoms with Crippen LogP contribution in [-0.4, -0.2) is 38.4 Å². The van der Waals surface area contributed by atoms with E-state index in [9.17, 15) is 9.18 Å². The molecule has 138 valence electrons. The first-order valence-corrected chi connectivity index (χ1v) is 8.94. The predicted molar refractivity (Wildman–Crippen MR) is 98.7 cm³/mol. The molecule has 0 spiro atoms. The Morgan fingerprint density at radius 1 is 1.08 bits per heavy atom. The molecule has 0 aromatic heterocycles. The third-order valence-electron chi connectivity index (χ3n) is 4.69. The van der Waals surface area contributed by atoms with Gasteiger partial charge in [-0.1, -0.05) is 30.3 Å². The fourth-order valence-electron chi connectivity index (χ4n) is 3.47. The van der Waals surface area contributed by atoms with E-state index in [4.69, 9.17) is 4.74 Å². The SMILES string of the molecule is C[C@@H](NC(=O)Nc1ccc(F)cc1)[C@H](c1ccccc1)[NH+]1CCOCC1. The Hall–Kier alpha value is -2.44. The summed E-state index contributed by atoms with van der Waals surface area (Å²) in [5.41, 5.74) is 1.75. The quantitative estimate of drug-likeness (QED) is 0.766. The van der Waals surface area contributed by atoms with E-state index in [1.165, 1.54) is 22.6 Å². The van der Waals surface area contributed by atoms with Gasteiger partial charge in [0.1, 0.15) is 24.9 Å². The Morgan fingerprint density at radius 2 is 1.73 bits per heavy atom. The highest BCUT2D eigenvalue weighted by atomic mass is 19.1. The van der Waals surface area contributed by atoms with Gasteiger partial charge in [-0.15, -0.1) is 0 Å². The van der Waals surface area contributed by atoms with Crippen molar-refractivity contribution in [3.8, 4) is 0 Å². The molecule has 0 bridgehead atoms. The third kappa shape index (κ3) is 4.80. The molecule has 0 unspecified atom stereocenters. The molecule has 2 amide bonds. The fraction of sp³-hybridized carbons (Fsp3) is 0.350. The Labute approximate surface area is 153 Å². The number of carbonyl (C=O) groups is 1. The molecule has 1 aliphatic rings. The van der Waals surface area contributed by atoms with Crippen LogP contribution in [0.25, 0.3) is 0 Å². The molecule has 1 fully saturated rings. The van der Waals surface area contributed by atoms with Crippen LogP contribution in [0, 0.1) is 5.82 Å². The minimum absolute atomic E-state index is 0.0778.